The molecule has 0 atom stereocenters. The first-order valence-electron chi connectivity index (χ1n) is 7.41. The summed E-state index contributed by atoms with van der Waals surface area (Å²) in [6, 6.07) is 10.4. The van der Waals surface area contributed by atoms with Gasteiger partial charge < -0.3 is 5.32 Å². The van der Waals surface area contributed by atoms with Crippen LogP contribution in [0.2, 0.25) is 0 Å². The van der Waals surface area contributed by atoms with Crippen molar-refractivity contribution in [1.82, 2.24) is 24.9 Å². The van der Waals surface area contributed by atoms with E-state index < -0.39 is 0 Å². The Hall–Kier alpha value is -2.14. The third-order valence-electron chi connectivity index (χ3n) is 3.67. The molecule has 110 valence electrons. The average molecular weight is 283 g/mol. The van der Waals surface area contributed by atoms with Crippen molar-refractivity contribution >= 4 is 10.9 Å². The molecule has 3 rings (SSSR count). The highest BCUT2D eigenvalue weighted by molar-refractivity contribution is 5.81. The standard InChI is InChI=1S/C16H21N5/c1-3-9-17-11-13-8-10-18-21(13)12-15-14-6-4-5-7-16(14)20(2)19-15/h4-8,10,17H,3,9,11-12H2,1-2H3. The fourth-order valence-electron chi connectivity index (χ4n) is 2.59. The number of aromatic nitrogens is 4. The van der Waals surface area contributed by atoms with Crippen molar-refractivity contribution in [3.8, 4) is 0 Å². The quantitative estimate of drug-likeness (QED) is 0.706. The van der Waals surface area contributed by atoms with E-state index in [-0.39, 0.29) is 0 Å². The molecule has 2 aromatic heterocycles. The van der Waals surface area contributed by atoms with Crippen molar-refractivity contribution in [1.29, 1.82) is 0 Å². The molecule has 0 radical (unpaired) electrons. The molecule has 0 amide bonds. The van der Waals surface area contributed by atoms with Gasteiger partial charge >= 0.3 is 0 Å². The van der Waals surface area contributed by atoms with Gasteiger partial charge in [-0.15, -0.1) is 0 Å². The van der Waals surface area contributed by atoms with Crippen LogP contribution in [0, 0.1) is 0 Å². The van der Waals surface area contributed by atoms with Crippen molar-refractivity contribution in [3.63, 3.8) is 0 Å². The number of para-hydroxylation sites is 1. The van der Waals surface area contributed by atoms with E-state index in [0.717, 1.165) is 30.7 Å². The van der Waals surface area contributed by atoms with Crippen molar-refractivity contribution in [2.45, 2.75) is 26.4 Å². The number of hydrogen-bond donors (Lipinski definition) is 1. The molecule has 0 aliphatic heterocycles. The third kappa shape index (κ3) is 2.83. The summed E-state index contributed by atoms with van der Waals surface area (Å²) in [4.78, 5) is 0. The molecular weight excluding hydrogens is 262 g/mol. The van der Waals surface area contributed by atoms with Crippen LogP contribution in [0.5, 0.6) is 0 Å². The van der Waals surface area contributed by atoms with Gasteiger partial charge in [0.15, 0.2) is 0 Å². The van der Waals surface area contributed by atoms with Gasteiger partial charge in [0, 0.05) is 25.2 Å². The molecule has 5 nitrogen and oxygen atoms in total. The summed E-state index contributed by atoms with van der Waals surface area (Å²) >= 11 is 0. The molecule has 0 aliphatic carbocycles. The maximum absolute atomic E-state index is 4.64. The molecule has 1 N–H and O–H groups in total. The Bertz CT molecular complexity index is 725. The minimum Gasteiger partial charge on any atom is -0.311 e. The first-order valence-corrected chi connectivity index (χ1v) is 7.41. The Morgan fingerprint density at radius 1 is 1.19 bits per heavy atom. The van der Waals surface area contributed by atoms with Gasteiger partial charge in [0.25, 0.3) is 0 Å². The topological polar surface area (TPSA) is 47.7 Å². The molecule has 21 heavy (non-hydrogen) atoms. The molecule has 1 aromatic carbocycles. The second kappa shape index (κ2) is 6.10. The zero-order chi connectivity index (χ0) is 14.7. The van der Waals surface area contributed by atoms with E-state index in [9.17, 15) is 0 Å². The summed E-state index contributed by atoms with van der Waals surface area (Å²) in [6.07, 6.45) is 2.99. The van der Waals surface area contributed by atoms with E-state index >= 15 is 0 Å². The van der Waals surface area contributed by atoms with Crippen LogP contribution < -0.4 is 5.32 Å². The van der Waals surface area contributed by atoms with Gasteiger partial charge in [0.05, 0.1) is 23.4 Å². The Labute approximate surface area is 124 Å². The summed E-state index contributed by atoms with van der Waals surface area (Å²) in [7, 11) is 1.98. The molecule has 3 aromatic rings. The van der Waals surface area contributed by atoms with E-state index in [1.54, 1.807) is 0 Å². The lowest BCUT2D eigenvalue weighted by Gasteiger charge is -2.07. The summed E-state index contributed by atoms with van der Waals surface area (Å²) in [6.45, 7) is 4.75. The van der Waals surface area contributed by atoms with Crippen LogP contribution in [0.15, 0.2) is 36.5 Å². The Morgan fingerprint density at radius 2 is 2.05 bits per heavy atom. The maximum Gasteiger partial charge on any atom is 0.0918 e. The summed E-state index contributed by atoms with van der Waals surface area (Å²) in [5.74, 6) is 0. The Morgan fingerprint density at radius 3 is 2.90 bits per heavy atom. The summed E-state index contributed by atoms with van der Waals surface area (Å²) in [5.41, 5.74) is 3.41. The van der Waals surface area contributed by atoms with Crippen molar-refractivity contribution in [3.05, 3.63) is 47.9 Å². The fraction of sp³-hybridized carbons (Fsp3) is 0.375. The number of rotatable bonds is 6. The smallest absolute Gasteiger partial charge is 0.0918 e. The third-order valence-corrected chi connectivity index (χ3v) is 3.67. The van der Waals surface area contributed by atoms with Crippen LogP contribution in [0.1, 0.15) is 24.7 Å². The number of hydrogen-bond acceptors (Lipinski definition) is 3. The normalized spacial score (nSPS) is 11.3. The van der Waals surface area contributed by atoms with Gasteiger partial charge in [-0.05, 0) is 25.1 Å². The zero-order valence-corrected chi connectivity index (χ0v) is 12.6. The summed E-state index contributed by atoms with van der Waals surface area (Å²) < 4.78 is 3.96. The van der Waals surface area contributed by atoms with Crippen molar-refractivity contribution < 1.29 is 0 Å². The highest BCUT2D eigenvalue weighted by atomic mass is 15.3. The van der Waals surface area contributed by atoms with Crippen molar-refractivity contribution in [2.75, 3.05) is 6.54 Å². The molecule has 0 unspecified atom stereocenters. The zero-order valence-electron chi connectivity index (χ0n) is 12.6. The number of benzene rings is 1. The number of fused-ring (bicyclic) bond motifs is 1. The second-order valence-corrected chi connectivity index (χ2v) is 5.24. The van der Waals surface area contributed by atoms with E-state index in [0.29, 0.717) is 6.54 Å². The molecule has 5 heteroatoms. The van der Waals surface area contributed by atoms with Gasteiger partial charge in [-0.1, -0.05) is 25.1 Å². The molecule has 0 fully saturated rings. The Balaban J connectivity index is 1.84. The van der Waals surface area contributed by atoms with Crippen LogP contribution in [0.3, 0.4) is 0 Å². The second-order valence-electron chi connectivity index (χ2n) is 5.24. The monoisotopic (exact) mass is 283 g/mol. The van der Waals surface area contributed by atoms with Crippen LogP contribution in [-0.4, -0.2) is 26.1 Å². The first kappa shape index (κ1) is 13.8. The SMILES string of the molecule is CCCNCc1ccnn1Cc1nn(C)c2ccccc12. The minimum atomic E-state index is 0.706. The van der Waals surface area contributed by atoms with Gasteiger partial charge in [0.1, 0.15) is 0 Å². The Kier molecular flexibility index (Phi) is 4.01. The minimum absolute atomic E-state index is 0.706. The van der Waals surface area contributed by atoms with Gasteiger partial charge in [-0.3, -0.25) is 9.36 Å². The van der Waals surface area contributed by atoms with Crippen LogP contribution in [0.4, 0.5) is 0 Å². The van der Waals surface area contributed by atoms with Crippen LogP contribution in [-0.2, 0) is 20.1 Å². The molecule has 0 spiro atoms. The van der Waals surface area contributed by atoms with Gasteiger partial charge in [-0.2, -0.15) is 10.2 Å². The fourth-order valence-corrected chi connectivity index (χ4v) is 2.59. The largest absolute Gasteiger partial charge is 0.311 e. The molecule has 0 aliphatic rings. The van der Waals surface area contributed by atoms with Crippen LogP contribution >= 0.6 is 0 Å². The average Bonchev–Trinajstić information content (AvgIpc) is 3.06. The number of nitrogens with zero attached hydrogens (tertiary/aromatic N) is 4. The van der Waals surface area contributed by atoms with Crippen LogP contribution in [0.25, 0.3) is 10.9 Å². The predicted molar refractivity (Wildman–Crippen MR) is 84.0 cm³/mol. The van der Waals surface area contributed by atoms with E-state index in [4.69, 9.17) is 0 Å². The molecule has 0 saturated carbocycles. The lowest BCUT2D eigenvalue weighted by Crippen LogP contribution is -2.18. The van der Waals surface area contributed by atoms with E-state index in [1.807, 2.05) is 28.7 Å². The lowest BCUT2D eigenvalue weighted by atomic mass is 10.2. The van der Waals surface area contributed by atoms with E-state index in [1.165, 1.54) is 11.1 Å². The highest BCUT2D eigenvalue weighted by Crippen LogP contribution is 2.18. The lowest BCUT2D eigenvalue weighted by molar-refractivity contribution is 0.583. The molecule has 0 bridgehead atoms. The first-order chi connectivity index (χ1) is 10.3. The number of aryl methyl sites for hydroxylation is 1. The van der Waals surface area contributed by atoms with Gasteiger partial charge in [0.2, 0.25) is 0 Å². The molecular formula is C16H21N5. The van der Waals surface area contributed by atoms with E-state index in [2.05, 4.69) is 46.7 Å². The van der Waals surface area contributed by atoms with Gasteiger partial charge in [-0.25, -0.2) is 0 Å². The maximum atomic E-state index is 4.64. The number of nitrogens with one attached hydrogen (secondary N) is 1. The summed E-state index contributed by atoms with van der Waals surface area (Å²) in [5, 5.41) is 13.7. The van der Waals surface area contributed by atoms with Crippen molar-refractivity contribution in [2.24, 2.45) is 7.05 Å². The predicted octanol–water partition coefficient (Wildman–Crippen LogP) is 2.32. The molecule has 0 saturated heterocycles. The molecule has 2 heterocycles. The highest BCUT2D eigenvalue weighted by Gasteiger charge is 2.10.